The second kappa shape index (κ2) is 4.94. The maximum absolute atomic E-state index is 10.8. The second-order valence-corrected chi connectivity index (χ2v) is 4.62. The van der Waals surface area contributed by atoms with Crippen molar-refractivity contribution in [2.45, 2.75) is 31.6 Å². The number of nitrogens with one attached hydrogen (secondary N) is 1. The van der Waals surface area contributed by atoms with Crippen LogP contribution in [0.1, 0.15) is 20.8 Å². The molecular formula is C7H12N2O4S. The van der Waals surface area contributed by atoms with Gasteiger partial charge in [-0.1, -0.05) is 0 Å². The summed E-state index contributed by atoms with van der Waals surface area (Å²) in [5.41, 5.74) is 0. The van der Waals surface area contributed by atoms with Gasteiger partial charge in [-0.15, -0.1) is 4.91 Å². The maximum Gasteiger partial charge on any atom is 0.327 e. The molecule has 2 N–H and O–H groups in total. The van der Waals surface area contributed by atoms with Crippen LogP contribution < -0.4 is 5.32 Å². The summed E-state index contributed by atoms with van der Waals surface area (Å²) in [5.74, 6) is -1.65. The Morgan fingerprint density at radius 3 is 2.29 bits per heavy atom. The number of carboxylic acid groups (broad SMARTS) is 1. The Labute approximate surface area is 85.5 Å². The second-order valence-electron chi connectivity index (χ2n) is 3.24. The molecule has 80 valence electrons. The van der Waals surface area contributed by atoms with Gasteiger partial charge in [0.2, 0.25) is 5.91 Å². The van der Waals surface area contributed by atoms with E-state index in [0.29, 0.717) is 11.9 Å². The molecule has 0 aliphatic carbocycles. The van der Waals surface area contributed by atoms with E-state index in [4.69, 9.17) is 5.11 Å². The molecule has 0 radical (unpaired) electrons. The number of amides is 1. The van der Waals surface area contributed by atoms with Gasteiger partial charge in [-0.3, -0.25) is 4.79 Å². The minimum atomic E-state index is -1.19. The summed E-state index contributed by atoms with van der Waals surface area (Å²) in [6.45, 7) is 4.26. The van der Waals surface area contributed by atoms with Crippen molar-refractivity contribution in [3.05, 3.63) is 4.91 Å². The Balaban J connectivity index is 4.71. The van der Waals surface area contributed by atoms with Gasteiger partial charge in [0.25, 0.3) is 0 Å². The number of carbonyl (C=O) groups is 2. The van der Waals surface area contributed by atoms with Crippen molar-refractivity contribution in [1.29, 1.82) is 0 Å². The van der Waals surface area contributed by atoms with Crippen molar-refractivity contribution >= 4 is 23.8 Å². The monoisotopic (exact) mass is 221 g/mol. The Bertz CT molecular complexity index is 254. The van der Waals surface area contributed by atoms with Crippen LogP contribution in [0, 0.1) is 4.91 Å². The highest BCUT2D eigenvalue weighted by Gasteiger charge is 2.37. The van der Waals surface area contributed by atoms with Crippen LogP contribution in [0.2, 0.25) is 0 Å². The van der Waals surface area contributed by atoms with E-state index in [9.17, 15) is 14.5 Å². The average molecular weight is 221 g/mol. The molecular weight excluding hydrogens is 209 g/mol. The summed E-state index contributed by atoms with van der Waals surface area (Å²) >= 11 is 0.586. The van der Waals surface area contributed by atoms with Gasteiger partial charge in [0, 0.05) is 23.5 Å². The summed E-state index contributed by atoms with van der Waals surface area (Å²) in [7, 11) is 0. The standard InChI is InChI=1S/C7H12N2O4S/c1-4(10)8-5(6(11)12)7(2,3)14-9-13/h5H,1-3H3,(H,8,10)(H,11,12)/t5-/m0/s1/i9+1. The SMILES string of the molecule is CC(=O)N[C@@H](C(=O)O)C(C)(C)S[15N]=O. The van der Waals surface area contributed by atoms with Gasteiger partial charge >= 0.3 is 5.97 Å². The first-order valence-corrected chi connectivity index (χ1v) is 4.59. The van der Waals surface area contributed by atoms with Gasteiger partial charge in [-0.05, 0) is 13.8 Å². The van der Waals surface area contributed by atoms with E-state index in [-0.39, 0.29) is 0 Å². The number of hydrogen-bond donors (Lipinski definition) is 2. The van der Waals surface area contributed by atoms with Gasteiger partial charge in [0.15, 0.2) is 0 Å². The predicted octanol–water partition coefficient (Wildman–Crippen LogP) is 0.769. The van der Waals surface area contributed by atoms with Crippen LogP contribution in [-0.4, -0.2) is 27.8 Å². The Morgan fingerprint density at radius 2 is 2.00 bits per heavy atom. The molecule has 0 aromatic heterocycles. The normalized spacial score (nSPS) is 13.1. The Morgan fingerprint density at radius 1 is 1.50 bits per heavy atom. The number of carbonyl (C=O) groups excluding carboxylic acids is 1. The van der Waals surface area contributed by atoms with Crippen LogP contribution in [0.15, 0.2) is 4.58 Å². The van der Waals surface area contributed by atoms with Crippen LogP contribution in [0.3, 0.4) is 0 Å². The van der Waals surface area contributed by atoms with Gasteiger partial charge in [-0.25, -0.2) is 4.79 Å². The third kappa shape index (κ3) is 3.73. The summed E-state index contributed by atoms with van der Waals surface area (Å²) in [6, 6.07) is -1.14. The van der Waals surface area contributed by atoms with Gasteiger partial charge < -0.3 is 10.4 Å². The summed E-state index contributed by atoms with van der Waals surface area (Å²) in [6.07, 6.45) is 0. The highest BCUT2D eigenvalue weighted by atomic mass is 32.2. The molecule has 0 saturated heterocycles. The molecule has 0 fully saturated rings. The lowest BCUT2D eigenvalue weighted by atomic mass is 10.0. The van der Waals surface area contributed by atoms with Crippen molar-refractivity contribution < 1.29 is 14.7 Å². The first-order valence-electron chi connectivity index (χ1n) is 3.82. The lowest BCUT2D eigenvalue weighted by molar-refractivity contribution is -0.142. The molecule has 1 amide bonds. The number of hydrogen-bond acceptors (Lipinski definition) is 5. The molecule has 0 heterocycles. The van der Waals surface area contributed by atoms with Crippen molar-refractivity contribution in [3.63, 3.8) is 0 Å². The van der Waals surface area contributed by atoms with E-state index in [2.05, 4.69) is 9.90 Å². The fourth-order valence-corrected chi connectivity index (χ4v) is 1.34. The van der Waals surface area contributed by atoms with Crippen LogP contribution in [0.25, 0.3) is 0 Å². The van der Waals surface area contributed by atoms with E-state index in [1.807, 2.05) is 0 Å². The van der Waals surface area contributed by atoms with Gasteiger partial charge in [0.1, 0.15) is 6.04 Å². The number of nitrogens with zero attached hydrogens (tertiary/aromatic N) is 1. The first-order chi connectivity index (χ1) is 6.31. The number of rotatable bonds is 5. The highest BCUT2D eigenvalue weighted by Crippen LogP contribution is 2.29. The van der Waals surface area contributed by atoms with Crippen molar-refractivity contribution in [3.8, 4) is 0 Å². The van der Waals surface area contributed by atoms with Gasteiger partial charge in [-0.2, -0.15) is 0 Å². The van der Waals surface area contributed by atoms with E-state index < -0.39 is 22.7 Å². The molecule has 0 aliphatic heterocycles. The van der Waals surface area contributed by atoms with Crippen LogP contribution in [0.4, 0.5) is 0 Å². The lowest BCUT2D eigenvalue weighted by Gasteiger charge is -2.27. The molecule has 0 bridgehead atoms. The third-order valence-corrected chi connectivity index (χ3v) is 2.34. The van der Waals surface area contributed by atoms with E-state index in [1.54, 1.807) is 0 Å². The van der Waals surface area contributed by atoms with E-state index in [0.717, 1.165) is 0 Å². The largest absolute Gasteiger partial charge is 0.480 e. The van der Waals surface area contributed by atoms with Gasteiger partial charge in [0.05, 0.1) is 4.75 Å². The molecule has 0 aromatic carbocycles. The molecule has 0 spiro atoms. The zero-order chi connectivity index (χ0) is 11.4. The zero-order valence-corrected chi connectivity index (χ0v) is 8.92. The third-order valence-electron chi connectivity index (χ3n) is 1.56. The predicted molar refractivity (Wildman–Crippen MR) is 52.7 cm³/mol. The molecule has 1 atom stereocenters. The van der Waals surface area contributed by atoms with E-state index >= 15 is 0 Å². The van der Waals surface area contributed by atoms with Crippen molar-refractivity contribution in [2.24, 2.45) is 4.58 Å². The average Bonchev–Trinajstić information content (AvgIpc) is 1.99. The molecule has 7 heteroatoms. The Hall–Kier alpha value is -1.11. The molecule has 0 rings (SSSR count). The summed E-state index contributed by atoms with van der Waals surface area (Å²) in [4.78, 5) is 31.5. The molecule has 14 heavy (non-hydrogen) atoms. The first kappa shape index (κ1) is 12.9. The highest BCUT2D eigenvalue weighted by molar-refractivity contribution is 7.99. The Kier molecular flexibility index (Phi) is 4.55. The minimum Gasteiger partial charge on any atom is -0.480 e. The molecule has 0 saturated carbocycles. The lowest BCUT2D eigenvalue weighted by Crippen LogP contribution is -2.51. The summed E-state index contributed by atoms with van der Waals surface area (Å²) in [5, 5.41) is 11.1. The quantitative estimate of drug-likeness (QED) is 0.406. The number of nitroso groups, excluding NO2 is 1. The smallest absolute Gasteiger partial charge is 0.327 e. The number of carboxylic acids is 1. The van der Waals surface area contributed by atoms with Crippen LogP contribution >= 0.6 is 11.9 Å². The maximum atomic E-state index is 10.8. The van der Waals surface area contributed by atoms with Crippen molar-refractivity contribution in [2.75, 3.05) is 0 Å². The van der Waals surface area contributed by atoms with E-state index in [1.165, 1.54) is 20.8 Å². The molecule has 0 aromatic rings. The fraction of sp³-hybridized carbons (Fsp3) is 0.714. The topological polar surface area (TPSA) is 95.8 Å². The van der Waals surface area contributed by atoms with Crippen molar-refractivity contribution in [1.82, 2.24) is 5.32 Å². The van der Waals surface area contributed by atoms with Crippen LogP contribution in [-0.2, 0) is 9.59 Å². The molecule has 6 nitrogen and oxygen atoms in total. The minimum absolute atomic E-state index is 0.461. The zero-order valence-electron chi connectivity index (χ0n) is 8.10. The van der Waals surface area contributed by atoms with Crippen LogP contribution in [0.5, 0.6) is 0 Å². The molecule has 0 aliphatic rings. The fourth-order valence-electron chi connectivity index (χ4n) is 0.885. The number of aliphatic carboxylic acids is 1. The summed E-state index contributed by atoms with van der Waals surface area (Å²) < 4.78 is 1.60. The molecule has 0 unspecified atom stereocenters.